The molecule has 0 bridgehead atoms. The van der Waals surface area contributed by atoms with Gasteiger partial charge in [-0.15, -0.1) is 0 Å². The number of carbonyl (C=O) groups excluding carboxylic acids is 2. The van der Waals surface area contributed by atoms with Crippen LogP contribution in [0.15, 0.2) is 24.3 Å². The van der Waals surface area contributed by atoms with Crippen molar-refractivity contribution in [3.05, 3.63) is 29.8 Å². The molecule has 1 aromatic carbocycles. The highest BCUT2D eigenvalue weighted by Gasteiger charge is 2.48. The van der Waals surface area contributed by atoms with E-state index < -0.39 is 17.8 Å². The van der Waals surface area contributed by atoms with Crippen molar-refractivity contribution in [2.75, 3.05) is 5.32 Å². The third kappa shape index (κ3) is 3.57. The number of carboxylic acid groups (broad SMARTS) is 1. The Morgan fingerprint density at radius 3 is 2.35 bits per heavy atom. The first kappa shape index (κ1) is 14.0. The predicted octanol–water partition coefficient (Wildman–Crippen LogP) is 0.982. The molecule has 6 nitrogen and oxygen atoms in total. The molecule has 2 amide bonds. The standard InChI is InChI=1S/C14H16N2O4/c1-8(17)16-10-4-2-9(3-5-10)7-15-13(18)11-6-12(11)14(19)20/h2-5,11-12H,6-7H2,1H3,(H,15,18)(H,16,17)(H,19,20)/t11-,12+/m1/s1. The van der Waals surface area contributed by atoms with E-state index in [1.54, 1.807) is 24.3 Å². The van der Waals surface area contributed by atoms with Gasteiger partial charge in [-0.1, -0.05) is 12.1 Å². The van der Waals surface area contributed by atoms with E-state index in [2.05, 4.69) is 10.6 Å². The first-order valence-corrected chi connectivity index (χ1v) is 6.34. The molecule has 1 aliphatic rings. The number of benzene rings is 1. The number of hydrogen-bond donors (Lipinski definition) is 3. The summed E-state index contributed by atoms with van der Waals surface area (Å²) in [5, 5.41) is 14.1. The number of anilines is 1. The summed E-state index contributed by atoms with van der Waals surface area (Å²) in [7, 11) is 0. The molecule has 0 saturated heterocycles. The maximum Gasteiger partial charge on any atom is 0.307 e. The van der Waals surface area contributed by atoms with Crippen molar-refractivity contribution >= 4 is 23.5 Å². The fourth-order valence-corrected chi connectivity index (χ4v) is 1.99. The van der Waals surface area contributed by atoms with Gasteiger partial charge in [-0.2, -0.15) is 0 Å². The van der Waals surface area contributed by atoms with Crippen LogP contribution in [0.5, 0.6) is 0 Å². The summed E-state index contributed by atoms with van der Waals surface area (Å²) in [4.78, 5) is 33.2. The molecule has 6 heteroatoms. The first-order chi connectivity index (χ1) is 9.47. The molecular weight excluding hydrogens is 260 g/mol. The van der Waals surface area contributed by atoms with E-state index >= 15 is 0 Å². The molecule has 0 aliphatic heterocycles. The van der Waals surface area contributed by atoms with Crippen LogP contribution in [-0.4, -0.2) is 22.9 Å². The van der Waals surface area contributed by atoms with Gasteiger partial charge in [0.2, 0.25) is 11.8 Å². The summed E-state index contributed by atoms with van der Waals surface area (Å²) >= 11 is 0. The topological polar surface area (TPSA) is 95.5 Å². The van der Waals surface area contributed by atoms with Gasteiger partial charge < -0.3 is 15.7 Å². The van der Waals surface area contributed by atoms with E-state index in [1.807, 2.05) is 0 Å². The van der Waals surface area contributed by atoms with Crippen molar-refractivity contribution in [2.45, 2.75) is 19.9 Å². The number of nitrogens with one attached hydrogen (secondary N) is 2. The summed E-state index contributed by atoms with van der Waals surface area (Å²) in [6.45, 7) is 1.78. The highest BCUT2D eigenvalue weighted by molar-refractivity contribution is 5.89. The van der Waals surface area contributed by atoms with Gasteiger partial charge in [-0.25, -0.2) is 0 Å². The smallest absolute Gasteiger partial charge is 0.307 e. The molecule has 3 N–H and O–H groups in total. The second-order valence-corrected chi connectivity index (χ2v) is 4.88. The lowest BCUT2D eigenvalue weighted by Crippen LogP contribution is -2.25. The van der Waals surface area contributed by atoms with E-state index in [0.717, 1.165) is 5.56 Å². The Bertz CT molecular complexity index is 539. The Balaban J connectivity index is 1.81. The summed E-state index contributed by atoms with van der Waals surface area (Å²) < 4.78 is 0. The van der Waals surface area contributed by atoms with Gasteiger partial charge in [0, 0.05) is 19.2 Å². The quantitative estimate of drug-likeness (QED) is 0.747. The zero-order valence-corrected chi connectivity index (χ0v) is 11.1. The molecule has 0 spiro atoms. The van der Waals surface area contributed by atoms with Crippen LogP contribution in [0.25, 0.3) is 0 Å². The van der Waals surface area contributed by atoms with Gasteiger partial charge in [0.05, 0.1) is 11.8 Å². The highest BCUT2D eigenvalue weighted by Crippen LogP contribution is 2.38. The normalized spacial score (nSPS) is 20.1. The molecule has 1 aromatic rings. The minimum absolute atomic E-state index is 0.139. The van der Waals surface area contributed by atoms with Crippen LogP contribution in [-0.2, 0) is 20.9 Å². The number of rotatable bonds is 5. The van der Waals surface area contributed by atoms with E-state index in [9.17, 15) is 14.4 Å². The molecule has 106 valence electrons. The first-order valence-electron chi connectivity index (χ1n) is 6.34. The molecule has 0 unspecified atom stereocenters. The van der Waals surface area contributed by atoms with Gasteiger partial charge in [0.25, 0.3) is 0 Å². The number of aliphatic carboxylic acids is 1. The zero-order chi connectivity index (χ0) is 14.7. The molecule has 2 rings (SSSR count). The van der Waals surface area contributed by atoms with E-state index in [-0.39, 0.29) is 11.8 Å². The average molecular weight is 276 g/mol. The Hall–Kier alpha value is -2.37. The van der Waals surface area contributed by atoms with E-state index in [4.69, 9.17) is 5.11 Å². The van der Waals surface area contributed by atoms with Crippen LogP contribution < -0.4 is 10.6 Å². The van der Waals surface area contributed by atoms with Gasteiger partial charge in [-0.3, -0.25) is 14.4 Å². The Kier molecular flexibility index (Phi) is 4.02. The Morgan fingerprint density at radius 1 is 1.20 bits per heavy atom. The molecule has 2 atom stereocenters. The van der Waals surface area contributed by atoms with Crippen LogP contribution in [0.4, 0.5) is 5.69 Å². The maximum absolute atomic E-state index is 11.7. The number of carbonyl (C=O) groups is 3. The predicted molar refractivity (Wildman–Crippen MR) is 71.8 cm³/mol. The van der Waals surface area contributed by atoms with Crippen molar-refractivity contribution in [3.8, 4) is 0 Å². The number of hydrogen-bond acceptors (Lipinski definition) is 3. The highest BCUT2D eigenvalue weighted by atomic mass is 16.4. The van der Waals surface area contributed by atoms with Crippen LogP contribution in [0.3, 0.4) is 0 Å². The molecule has 0 aromatic heterocycles. The molecular formula is C14H16N2O4. The van der Waals surface area contributed by atoms with Crippen LogP contribution in [0.2, 0.25) is 0 Å². The summed E-state index contributed by atoms with van der Waals surface area (Å²) in [5.41, 5.74) is 1.58. The van der Waals surface area contributed by atoms with Crippen molar-refractivity contribution in [1.29, 1.82) is 0 Å². The summed E-state index contributed by atoms with van der Waals surface area (Å²) in [6, 6.07) is 7.10. The third-order valence-corrected chi connectivity index (χ3v) is 3.19. The molecule has 1 aliphatic carbocycles. The lowest BCUT2D eigenvalue weighted by Gasteiger charge is -2.06. The minimum atomic E-state index is -0.912. The SMILES string of the molecule is CC(=O)Nc1ccc(CNC(=O)[C@@H]2C[C@@H]2C(=O)O)cc1. The van der Waals surface area contributed by atoms with Crippen LogP contribution in [0, 0.1) is 11.8 Å². The molecule has 0 heterocycles. The van der Waals surface area contributed by atoms with E-state index in [0.29, 0.717) is 18.7 Å². The van der Waals surface area contributed by atoms with Gasteiger partial charge in [0.1, 0.15) is 0 Å². The van der Waals surface area contributed by atoms with Crippen molar-refractivity contribution in [3.63, 3.8) is 0 Å². The summed E-state index contributed by atoms with van der Waals surface area (Å²) in [6.07, 6.45) is 0.419. The molecule has 1 fully saturated rings. The fraction of sp³-hybridized carbons (Fsp3) is 0.357. The lowest BCUT2D eigenvalue weighted by atomic mass is 10.2. The van der Waals surface area contributed by atoms with Gasteiger partial charge in [-0.05, 0) is 24.1 Å². The van der Waals surface area contributed by atoms with Crippen molar-refractivity contribution in [2.24, 2.45) is 11.8 Å². The van der Waals surface area contributed by atoms with Gasteiger partial charge >= 0.3 is 5.97 Å². The Morgan fingerprint density at radius 2 is 1.85 bits per heavy atom. The number of carboxylic acids is 1. The largest absolute Gasteiger partial charge is 0.481 e. The maximum atomic E-state index is 11.7. The van der Waals surface area contributed by atoms with E-state index in [1.165, 1.54) is 6.92 Å². The second kappa shape index (κ2) is 5.73. The zero-order valence-electron chi connectivity index (χ0n) is 11.1. The van der Waals surface area contributed by atoms with Crippen molar-refractivity contribution < 1.29 is 19.5 Å². The second-order valence-electron chi connectivity index (χ2n) is 4.88. The van der Waals surface area contributed by atoms with Crippen LogP contribution in [0.1, 0.15) is 18.9 Å². The number of amides is 2. The molecule has 1 saturated carbocycles. The molecule has 20 heavy (non-hydrogen) atoms. The van der Waals surface area contributed by atoms with Crippen molar-refractivity contribution in [1.82, 2.24) is 5.32 Å². The summed E-state index contributed by atoms with van der Waals surface area (Å²) in [5.74, 6) is -2.20. The third-order valence-electron chi connectivity index (χ3n) is 3.19. The van der Waals surface area contributed by atoms with Gasteiger partial charge in [0.15, 0.2) is 0 Å². The minimum Gasteiger partial charge on any atom is -0.481 e. The van der Waals surface area contributed by atoms with Crippen LogP contribution >= 0.6 is 0 Å². The molecule has 0 radical (unpaired) electrons. The average Bonchev–Trinajstić information content (AvgIpc) is 3.17. The lowest BCUT2D eigenvalue weighted by molar-refractivity contribution is -0.140. The monoisotopic (exact) mass is 276 g/mol. The fourth-order valence-electron chi connectivity index (χ4n) is 1.99. The Labute approximate surface area is 116 Å².